The van der Waals surface area contributed by atoms with Crippen molar-refractivity contribution in [3.8, 4) is 16.9 Å². The first-order valence-electron chi connectivity index (χ1n) is 13.0. The van der Waals surface area contributed by atoms with Crippen LogP contribution < -0.4 is 10.1 Å². The molecule has 1 aliphatic rings. The number of hydrogen-bond acceptors (Lipinski definition) is 4. The van der Waals surface area contributed by atoms with E-state index in [9.17, 15) is 14.7 Å². The summed E-state index contributed by atoms with van der Waals surface area (Å²) in [6, 6.07) is 26.1. The highest BCUT2D eigenvalue weighted by molar-refractivity contribution is 5.78. The molecule has 3 aromatic carbocycles. The lowest BCUT2D eigenvalue weighted by Crippen LogP contribution is -2.47. The van der Waals surface area contributed by atoms with E-state index in [0.29, 0.717) is 38.3 Å². The summed E-state index contributed by atoms with van der Waals surface area (Å²) in [6.07, 6.45) is 1.64. The SMILES string of the molecule is CCOC(C)(Cc1ccc(OCCC2(Cc3ccc(-c4ccccc4)cc3)CNC(=O)N2C)cc1)C(=O)O. The van der Waals surface area contributed by atoms with Crippen LogP contribution in [0.3, 0.4) is 0 Å². The van der Waals surface area contributed by atoms with Crippen LogP contribution in [0.25, 0.3) is 11.1 Å². The Labute approximate surface area is 224 Å². The number of urea groups is 1. The van der Waals surface area contributed by atoms with Gasteiger partial charge in [0.15, 0.2) is 5.60 Å². The number of carboxylic acids is 1. The summed E-state index contributed by atoms with van der Waals surface area (Å²) < 4.78 is 11.5. The Hall–Kier alpha value is -3.84. The van der Waals surface area contributed by atoms with Gasteiger partial charge in [-0.05, 0) is 54.7 Å². The fourth-order valence-corrected chi connectivity index (χ4v) is 5.00. The number of rotatable bonds is 12. The van der Waals surface area contributed by atoms with Crippen LogP contribution in [0.15, 0.2) is 78.9 Å². The number of benzene rings is 3. The lowest BCUT2D eigenvalue weighted by molar-refractivity contribution is -0.162. The minimum atomic E-state index is -1.27. The number of amides is 2. The molecule has 1 fully saturated rings. The molecule has 3 aromatic rings. The largest absolute Gasteiger partial charge is 0.494 e. The highest BCUT2D eigenvalue weighted by Crippen LogP contribution is 2.30. The summed E-state index contributed by atoms with van der Waals surface area (Å²) in [5, 5.41) is 12.5. The Morgan fingerprint density at radius 3 is 2.21 bits per heavy atom. The Balaban J connectivity index is 1.39. The van der Waals surface area contributed by atoms with Crippen LogP contribution in [-0.4, -0.2) is 60.0 Å². The molecule has 0 bridgehead atoms. The molecule has 38 heavy (non-hydrogen) atoms. The third-order valence-corrected chi connectivity index (χ3v) is 7.40. The predicted molar refractivity (Wildman–Crippen MR) is 147 cm³/mol. The Morgan fingerprint density at radius 1 is 1.00 bits per heavy atom. The second-order valence-corrected chi connectivity index (χ2v) is 10.1. The van der Waals surface area contributed by atoms with Gasteiger partial charge in [-0.1, -0.05) is 66.7 Å². The first kappa shape index (κ1) is 27.2. The molecule has 200 valence electrons. The molecule has 2 atom stereocenters. The van der Waals surface area contributed by atoms with Gasteiger partial charge in [-0.15, -0.1) is 0 Å². The quantitative estimate of drug-likeness (QED) is 0.346. The summed E-state index contributed by atoms with van der Waals surface area (Å²) >= 11 is 0. The van der Waals surface area contributed by atoms with Gasteiger partial charge in [-0.25, -0.2) is 9.59 Å². The standard InChI is InChI=1S/C31H36N2O5/c1-4-38-30(2,28(34)35)20-23-12-16-27(17-13-23)37-19-18-31(22-32-29(36)33(31)3)21-24-10-14-26(15-11-24)25-8-6-5-7-9-25/h5-17H,4,18-22H2,1-3H3,(H,32,36)(H,34,35). The molecule has 1 aliphatic heterocycles. The summed E-state index contributed by atoms with van der Waals surface area (Å²) in [7, 11) is 1.84. The molecule has 0 aromatic heterocycles. The smallest absolute Gasteiger partial charge is 0.336 e. The summed E-state index contributed by atoms with van der Waals surface area (Å²) in [6.45, 7) is 4.69. The van der Waals surface area contributed by atoms with Gasteiger partial charge in [0.05, 0.1) is 12.1 Å². The fraction of sp³-hybridized carbons (Fsp3) is 0.355. The van der Waals surface area contributed by atoms with Gasteiger partial charge in [-0.2, -0.15) is 0 Å². The van der Waals surface area contributed by atoms with Crippen molar-refractivity contribution in [3.63, 3.8) is 0 Å². The number of nitrogens with one attached hydrogen (secondary N) is 1. The van der Waals surface area contributed by atoms with E-state index in [1.807, 2.05) is 49.5 Å². The molecular formula is C31H36N2O5. The molecular weight excluding hydrogens is 480 g/mol. The number of hydrogen-bond donors (Lipinski definition) is 2. The summed E-state index contributed by atoms with van der Waals surface area (Å²) in [5.74, 6) is -0.284. The monoisotopic (exact) mass is 516 g/mol. The normalized spacial score (nSPS) is 18.6. The third kappa shape index (κ3) is 6.17. The van der Waals surface area contributed by atoms with Crippen molar-refractivity contribution in [3.05, 3.63) is 90.0 Å². The highest BCUT2D eigenvalue weighted by atomic mass is 16.5. The van der Waals surface area contributed by atoms with Crippen molar-refractivity contribution in [1.82, 2.24) is 10.2 Å². The highest BCUT2D eigenvalue weighted by Gasteiger charge is 2.43. The summed E-state index contributed by atoms with van der Waals surface area (Å²) in [5.41, 5.74) is 2.69. The van der Waals surface area contributed by atoms with Crippen LogP contribution in [0.2, 0.25) is 0 Å². The molecule has 2 amide bonds. The number of carbonyl (C=O) groups excluding carboxylic acids is 1. The number of carboxylic acid groups (broad SMARTS) is 1. The Bertz CT molecular complexity index is 1230. The molecule has 7 nitrogen and oxygen atoms in total. The number of aliphatic carboxylic acids is 1. The molecule has 1 heterocycles. The van der Waals surface area contributed by atoms with Gasteiger partial charge in [-0.3, -0.25) is 0 Å². The fourth-order valence-electron chi connectivity index (χ4n) is 5.00. The van der Waals surface area contributed by atoms with Gasteiger partial charge >= 0.3 is 12.0 Å². The zero-order valence-corrected chi connectivity index (χ0v) is 22.3. The lowest BCUT2D eigenvalue weighted by atomic mass is 9.87. The van der Waals surface area contributed by atoms with E-state index in [0.717, 1.165) is 16.7 Å². The van der Waals surface area contributed by atoms with Crippen molar-refractivity contribution in [1.29, 1.82) is 0 Å². The molecule has 7 heteroatoms. The van der Waals surface area contributed by atoms with Crippen molar-refractivity contribution in [2.24, 2.45) is 0 Å². The minimum absolute atomic E-state index is 0.0777. The van der Waals surface area contributed by atoms with Crippen LogP contribution in [-0.2, 0) is 22.4 Å². The van der Waals surface area contributed by atoms with Crippen LogP contribution >= 0.6 is 0 Å². The van der Waals surface area contributed by atoms with Crippen LogP contribution in [0.5, 0.6) is 5.75 Å². The zero-order valence-electron chi connectivity index (χ0n) is 22.3. The van der Waals surface area contributed by atoms with E-state index in [1.165, 1.54) is 5.56 Å². The van der Waals surface area contributed by atoms with E-state index >= 15 is 0 Å². The third-order valence-electron chi connectivity index (χ3n) is 7.40. The maximum absolute atomic E-state index is 12.4. The maximum Gasteiger partial charge on any atom is 0.336 e. The molecule has 0 spiro atoms. The van der Waals surface area contributed by atoms with Crippen LogP contribution in [0.1, 0.15) is 31.4 Å². The Kier molecular flexibility index (Phi) is 8.37. The van der Waals surface area contributed by atoms with Gasteiger partial charge in [0.1, 0.15) is 5.75 Å². The molecule has 0 aliphatic carbocycles. The average Bonchev–Trinajstić information content (AvgIpc) is 3.19. The van der Waals surface area contributed by atoms with Gasteiger partial charge in [0, 0.05) is 33.0 Å². The van der Waals surface area contributed by atoms with Crippen molar-refractivity contribution in [2.75, 3.05) is 26.8 Å². The van der Waals surface area contributed by atoms with Gasteiger partial charge in [0.2, 0.25) is 0 Å². The average molecular weight is 517 g/mol. The molecule has 2 N–H and O–H groups in total. The van der Waals surface area contributed by atoms with E-state index in [4.69, 9.17) is 9.47 Å². The van der Waals surface area contributed by atoms with E-state index in [1.54, 1.807) is 18.7 Å². The zero-order chi connectivity index (χ0) is 27.2. The van der Waals surface area contributed by atoms with Crippen molar-refractivity contribution >= 4 is 12.0 Å². The lowest BCUT2D eigenvalue weighted by Gasteiger charge is -2.35. The number of likely N-dealkylation sites (N-methyl/N-ethyl adjacent to an activating group) is 1. The molecule has 1 saturated heterocycles. The second-order valence-electron chi connectivity index (χ2n) is 10.1. The Morgan fingerprint density at radius 2 is 1.63 bits per heavy atom. The van der Waals surface area contributed by atoms with E-state index in [-0.39, 0.29) is 12.5 Å². The van der Waals surface area contributed by atoms with Gasteiger partial charge in [0.25, 0.3) is 0 Å². The summed E-state index contributed by atoms with van der Waals surface area (Å²) in [4.78, 5) is 25.9. The molecule has 0 saturated carbocycles. The minimum Gasteiger partial charge on any atom is -0.494 e. The maximum atomic E-state index is 12.4. The predicted octanol–water partition coefficient (Wildman–Crippen LogP) is 5.18. The molecule has 4 rings (SSSR count). The van der Waals surface area contributed by atoms with Crippen LogP contribution in [0.4, 0.5) is 4.79 Å². The molecule has 0 radical (unpaired) electrons. The number of nitrogens with zero attached hydrogens (tertiary/aromatic N) is 1. The van der Waals surface area contributed by atoms with E-state index < -0.39 is 17.1 Å². The topological polar surface area (TPSA) is 88.1 Å². The van der Waals surface area contributed by atoms with Crippen molar-refractivity contribution in [2.45, 2.75) is 44.2 Å². The van der Waals surface area contributed by atoms with Crippen LogP contribution in [0, 0.1) is 0 Å². The second kappa shape index (κ2) is 11.7. The van der Waals surface area contributed by atoms with Crippen molar-refractivity contribution < 1.29 is 24.2 Å². The van der Waals surface area contributed by atoms with Gasteiger partial charge < -0.3 is 24.8 Å². The number of ether oxygens (including phenoxy) is 2. The first-order valence-corrected chi connectivity index (χ1v) is 13.0. The number of carbonyl (C=O) groups is 2. The first-order chi connectivity index (χ1) is 18.2. The van der Waals surface area contributed by atoms with E-state index in [2.05, 4.69) is 41.7 Å². The molecule has 2 unspecified atom stereocenters.